The number of carbonyl (C=O) groups is 2. The molecule has 1 atom stereocenters. The van der Waals surface area contributed by atoms with Gasteiger partial charge in [0, 0.05) is 23.3 Å². The number of carboxylic acid groups (broad SMARTS) is 1. The molecule has 1 rings (SSSR count). The lowest BCUT2D eigenvalue weighted by Crippen LogP contribution is -2.44. The van der Waals surface area contributed by atoms with Crippen LogP contribution in [-0.2, 0) is 15.3 Å². The van der Waals surface area contributed by atoms with Crippen molar-refractivity contribution in [1.29, 1.82) is 0 Å². The lowest BCUT2D eigenvalue weighted by Gasteiger charge is -2.17. The van der Waals surface area contributed by atoms with Crippen molar-refractivity contribution in [3.05, 3.63) is 16.1 Å². The minimum absolute atomic E-state index is 0.123. The normalized spacial score (nSPS) is 12.4. The molecule has 0 aliphatic carbocycles. The molecule has 0 saturated carbocycles. The summed E-state index contributed by atoms with van der Waals surface area (Å²) >= 11 is 3.24. The Morgan fingerprint density at radius 2 is 2.20 bits per heavy atom. The molecule has 0 bridgehead atoms. The summed E-state index contributed by atoms with van der Waals surface area (Å²) in [5.74, 6) is 0.117. The number of aromatic nitrogens is 1. The average Bonchev–Trinajstić information content (AvgIpc) is 2.77. The van der Waals surface area contributed by atoms with Gasteiger partial charge >= 0.3 is 5.97 Å². The second-order valence-corrected chi connectivity index (χ2v) is 6.96. The minimum atomic E-state index is -0.987. The number of thiazole rings is 1. The Labute approximate surface area is 127 Å². The van der Waals surface area contributed by atoms with Crippen LogP contribution in [0.5, 0.6) is 0 Å². The molecule has 0 aliphatic heterocycles. The molecule has 20 heavy (non-hydrogen) atoms. The number of hydrogen-bond donors (Lipinski definition) is 2. The third-order valence-electron chi connectivity index (χ3n) is 2.64. The Morgan fingerprint density at radius 1 is 1.50 bits per heavy atom. The van der Waals surface area contributed by atoms with Gasteiger partial charge < -0.3 is 10.4 Å². The summed E-state index contributed by atoms with van der Waals surface area (Å²) in [6.07, 6.45) is 0.324. The number of thioether (sulfide) groups is 1. The van der Waals surface area contributed by atoms with Crippen LogP contribution in [-0.4, -0.2) is 33.8 Å². The highest BCUT2D eigenvalue weighted by Crippen LogP contribution is 2.15. The number of nitrogens with one attached hydrogen (secondary N) is 1. The molecule has 7 heteroatoms. The molecule has 0 spiro atoms. The molecule has 0 saturated heterocycles. The summed E-state index contributed by atoms with van der Waals surface area (Å²) in [4.78, 5) is 27.0. The van der Waals surface area contributed by atoms with Gasteiger partial charge in [0.05, 0.1) is 10.7 Å². The maximum absolute atomic E-state index is 11.7. The Kier molecular flexibility index (Phi) is 7.01. The van der Waals surface area contributed by atoms with Crippen LogP contribution in [0, 0.1) is 12.8 Å². The van der Waals surface area contributed by atoms with Crippen molar-refractivity contribution in [2.75, 3.05) is 5.75 Å². The van der Waals surface area contributed by atoms with Crippen LogP contribution in [0.1, 0.15) is 31.0 Å². The molecule has 0 fully saturated rings. The van der Waals surface area contributed by atoms with E-state index in [0.717, 1.165) is 16.5 Å². The number of hydrogen-bond acceptors (Lipinski definition) is 5. The predicted octanol–water partition coefficient (Wildman–Crippen LogP) is 2.30. The van der Waals surface area contributed by atoms with Gasteiger partial charge in [-0.1, -0.05) is 13.8 Å². The van der Waals surface area contributed by atoms with E-state index in [-0.39, 0.29) is 11.8 Å². The topological polar surface area (TPSA) is 79.3 Å². The average molecular weight is 316 g/mol. The van der Waals surface area contributed by atoms with Crippen LogP contribution in [0.4, 0.5) is 0 Å². The van der Waals surface area contributed by atoms with E-state index in [4.69, 9.17) is 5.11 Å². The zero-order valence-corrected chi connectivity index (χ0v) is 13.5. The first-order chi connectivity index (χ1) is 9.40. The first kappa shape index (κ1) is 17.0. The van der Waals surface area contributed by atoms with Crippen LogP contribution in [0.3, 0.4) is 0 Å². The second-order valence-electron chi connectivity index (χ2n) is 4.79. The van der Waals surface area contributed by atoms with Crippen molar-refractivity contribution in [3.63, 3.8) is 0 Å². The van der Waals surface area contributed by atoms with E-state index in [1.54, 1.807) is 36.9 Å². The number of aliphatic carboxylic acids is 1. The monoisotopic (exact) mass is 316 g/mol. The number of carbonyl (C=O) groups excluding carboxylic acids is 1. The fraction of sp³-hybridized carbons (Fsp3) is 0.615. The lowest BCUT2D eigenvalue weighted by atomic mass is 10.0. The highest BCUT2D eigenvalue weighted by Gasteiger charge is 2.22. The van der Waals surface area contributed by atoms with Gasteiger partial charge in [-0.25, -0.2) is 9.78 Å². The molecule has 0 unspecified atom stereocenters. The first-order valence-corrected chi connectivity index (χ1v) is 8.44. The molecule has 5 nitrogen and oxygen atoms in total. The molecular formula is C13H20N2O3S2. The summed E-state index contributed by atoms with van der Waals surface area (Å²) < 4.78 is 0. The Morgan fingerprint density at radius 3 is 2.70 bits per heavy atom. The smallest absolute Gasteiger partial charge is 0.326 e. The van der Waals surface area contributed by atoms with Gasteiger partial charge in [-0.2, -0.15) is 11.8 Å². The zero-order valence-electron chi connectivity index (χ0n) is 11.9. The third kappa shape index (κ3) is 5.92. The van der Waals surface area contributed by atoms with E-state index < -0.39 is 12.0 Å². The summed E-state index contributed by atoms with van der Waals surface area (Å²) in [6.45, 7) is 5.51. The van der Waals surface area contributed by atoms with Gasteiger partial charge in [-0.3, -0.25) is 4.79 Å². The lowest BCUT2D eigenvalue weighted by molar-refractivity contribution is -0.143. The molecule has 1 aromatic heterocycles. The number of rotatable bonds is 8. The fourth-order valence-corrected chi connectivity index (χ4v) is 3.12. The van der Waals surface area contributed by atoms with Crippen molar-refractivity contribution in [2.24, 2.45) is 5.92 Å². The van der Waals surface area contributed by atoms with Crippen molar-refractivity contribution < 1.29 is 14.7 Å². The zero-order chi connectivity index (χ0) is 15.1. The summed E-state index contributed by atoms with van der Waals surface area (Å²) in [5.41, 5.74) is 1.03. The standard InChI is InChI=1S/C13H20N2O3S2/c1-8(2)12(13(17)18)15-11(16)4-5-19-6-10-7-20-9(3)14-10/h7-8,12H,4-6H2,1-3H3,(H,15,16)(H,17,18)/t12-/m1/s1. The highest BCUT2D eigenvalue weighted by molar-refractivity contribution is 7.98. The summed E-state index contributed by atoms with van der Waals surface area (Å²) in [6, 6.07) is -0.811. The molecule has 1 aromatic rings. The Hall–Kier alpha value is -1.08. The SMILES string of the molecule is Cc1nc(CSCCC(=O)N[C@@H](C(=O)O)C(C)C)cs1. The first-order valence-electron chi connectivity index (χ1n) is 6.41. The van der Waals surface area contributed by atoms with E-state index in [1.807, 2.05) is 12.3 Å². The van der Waals surface area contributed by atoms with Crippen molar-refractivity contribution in [2.45, 2.75) is 39.0 Å². The van der Waals surface area contributed by atoms with Crippen LogP contribution < -0.4 is 5.32 Å². The number of aryl methyl sites for hydroxylation is 1. The van der Waals surface area contributed by atoms with Gasteiger partial charge in [0.1, 0.15) is 6.04 Å². The van der Waals surface area contributed by atoms with Crippen molar-refractivity contribution in [3.8, 4) is 0 Å². The van der Waals surface area contributed by atoms with Crippen LogP contribution in [0.25, 0.3) is 0 Å². The molecule has 2 N–H and O–H groups in total. The van der Waals surface area contributed by atoms with E-state index in [9.17, 15) is 9.59 Å². The number of nitrogens with zero attached hydrogens (tertiary/aromatic N) is 1. The molecule has 0 radical (unpaired) electrons. The maximum atomic E-state index is 11.7. The molecule has 1 amide bonds. The Balaban J connectivity index is 2.24. The van der Waals surface area contributed by atoms with E-state index >= 15 is 0 Å². The largest absolute Gasteiger partial charge is 0.480 e. The van der Waals surface area contributed by atoms with Gasteiger partial charge in [0.25, 0.3) is 0 Å². The van der Waals surface area contributed by atoms with Gasteiger partial charge in [0.15, 0.2) is 0 Å². The second kappa shape index (κ2) is 8.26. The van der Waals surface area contributed by atoms with E-state index in [1.165, 1.54) is 0 Å². The van der Waals surface area contributed by atoms with E-state index in [0.29, 0.717) is 12.2 Å². The van der Waals surface area contributed by atoms with E-state index in [2.05, 4.69) is 10.3 Å². The number of amides is 1. The Bertz CT molecular complexity index is 460. The number of carboxylic acids is 1. The predicted molar refractivity (Wildman–Crippen MR) is 82.0 cm³/mol. The van der Waals surface area contributed by atoms with Crippen molar-refractivity contribution in [1.82, 2.24) is 10.3 Å². The minimum Gasteiger partial charge on any atom is -0.480 e. The molecule has 112 valence electrons. The third-order valence-corrected chi connectivity index (χ3v) is 4.45. The van der Waals surface area contributed by atoms with Gasteiger partial charge in [-0.05, 0) is 12.8 Å². The van der Waals surface area contributed by atoms with Gasteiger partial charge in [-0.15, -0.1) is 11.3 Å². The molecular weight excluding hydrogens is 296 g/mol. The summed E-state index contributed by atoms with van der Waals surface area (Å²) in [7, 11) is 0. The van der Waals surface area contributed by atoms with Crippen LogP contribution >= 0.6 is 23.1 Å². The maximum Gasteiger partial charge on any atom is 0.326 e. The molecule has 1 heterocycles. The fourth-order valence-electron chi connectivity index (χ4n) is 1.58. The van der Waals surface area contributed by atoms with Gasteiger partial charge in [0.2, 0.25) is 5.91 Å². The van der Waals surface area contributed by atoms with Crippen LogP contribution in [0.2, 0.25) is 0 Å². The molecule has 0 aromatic carbocycles. The van der Waals surface area contributed by atoms with Crippen molar-refractivity contribution >= 4 is 35.0 Å². The highest BCUT2D eigenvalue weighted by atomic mass is 32.2. The molecule has 0 aliphatic rings. The van der Waals surface area contributed by atoms with Crippen LogP contribution in [0.15, 0.2) is 5.38 Å². The summed E-state index contributed by atoms with van der Waals surface area (Å²) in [5, 5.41) is 14.6. The quantitative estimate of drug-likeness (QED) is 0.719.